The van der Waals surface area contributed by atoms with Crippen LogP contribution in [0.3, 0.4) is 0 Å². The summed E-state index contributed by atoms with van der Waals surface area (Å²) in [5.74, 6) is 0. The smallest absolute Gasteiger partial charge is 0.0573 e. The van der Waals surface area contributed by atoms with E-state index in [0.29, 0.717) is 16.1 Å². The fourth-order valence-corrected chi connectivity index (χ4v) is 3.22. The summed E-state index contributed by atoms with van der Waals surface area (Å²) in [6.45, 7) is 2.14. The van der Waals surface area contributed by atoms with Crippen molar-refractivity contribution in [3.63, 3.8) is 0 Å². The van der Waals surface area contributed by atoms with Crippen LogP contribution in [0.5, 0.6) is 0 Å². The summed E-state index contributed by atoms with van der Waals surface area (Å²) >= 11 is 13.7. The summed E-state index contributed by atoms with van der Waals surface area (Å²) in [6, 6.07) is 9.86. The largest absolute Gasteiger partial charge is 0.312 e. The number of hydrogen-bond acceptors (Lipinski definition) is 3. The number of halogens is 2. The predicted molar refractivity (Wildman–Crippen MR) is 86.9 cm³/mol. The van der Waals surface area contributed by atoms with Gasteiger partial charge in [-0.2, -0.15) is 0 Å². The van der Waals surface area contributed by atoms with Crippen molar-refractivity contribution in [1.29, 1.82) is 0 Å². The van der Waals surface area contributed by atoms with Gasteiger partial charge < -0.3 is 5.32 Å². The van der Waals surface area contributed by atoms with Crippen LogP contribution in [0.2, 0.25) is 10.0 Å². The molecule has 1 aromatic carbocycles. The molecule has 5 heteroatoms. The van der Waals surface area contributed by atoms with Crippen LogP contribution in [0.4, 0.5) is 0 Å². The molecule has 0 saturated heterocycles. The van der Waals surface area contributed by atoms with Crippen LogP contribution >= 0.6 is 35.0 Å². The lowest BCUT2D eigenvalue weighted by Crippen LogP contribution is -2.16. The number of pyridine rings is 1. The molecule has 2 rings (SSSR count). The lowest BCUT2D eigenvalue weighted by molar-refractivity contribution is 0.561. The van der Waals surface area contributed by atoms with Crippen LogP contribution in [-0.2, 0) is 0 Å². The van der Waals surface area contributed by atoms with Gasteiger partial charge in [-0.25, -0.2) is 0 Å². The van der Waals surface area contributed by atoms with Crippen LogP contribution < -0.4 is 5.32 Å². The Kier molecular flexibility index (Phi) is 5.73. The molecule has 20 heavy (non-hydrogen) atoms. The first kappa shape index (κ1) is 15.6. The molecular weight excluding hydrogens is 311 g/mol. The fraction of sp³-hybridized carbons (Fsp3) is 0.267. The van der Waals surface area contributed by atoms with Crippen molar-refractivity contribution in [2.45, 2.75) is 29.2 Å². The fourth-order valence-electron chi connectivity index (χ4n) is 1.90. The van der Waals surface area contributed by atoms with Gasteiger partial charge in [-0.1, -0.05) is 41.9 Å². The molecule has 1 aromatic heterocycles. The lowest BCUT2D eigenvalue weighted by atomic mass is 10.1. The Labute approximate surface area is 133 Å². The van der Waals surface area contributed by atoms with Gasteiger partial charge in [0.25, 0.3) is 0 Å². The summed E-state index contributed by atoms with van der Waals surface area (Å²) in [5.41, 5.74) is 1.05. The summed E-state index contributed by atoms with van der Waals surface area (Å²) < 4.78 is 0. The van der Waals surface area contributed by atoms with Gasteiger partial charge in [0.2, 0.25) is 0 Å². The number of nitrogens with zero attached hydrogens (tertiary/aromatic N) is 1. The quantitative estimate of drug-likeness (QED) is 0.816. The zero-order chi connectivity index (χ0) is 14.5. The maximum Gasteiger partial charge on any atom is 0.0573 e. The number of aromatic nitrogens is 1. The highest BCUT2D eigenvalue weighted by Crippen LogP contribution is 2.35. The van der Waals surface area contributed by atoms with Crippen LogP contribution in [-0.4, -0.2) is 12.0 Å². The second kappa shape index (κ2) is 7.32. The number of hydrogen-bond donors (Lipinski definition) is 1. The molecular formula is C15H16Cl2N2S. The predicted octanol–water partition coefficient (Wildman–Crippen LogP) is 5.21. The summed E-state index contributed by atoms with van der Waals surface area (Å²) in [7, 11) is 1.95. The van der Waals surface area contributed by atoms with Crippen LogP contribution in [0, 0.1) is 0 Å². The second-order valence-electron chi connectivity index (χ2n) is 4.35. The Morgan fingerprint density at radius 1 is 1.25 bits per heavy atom. The topological polar surface area (TPSA) is 24.9 Å². The monoisotopic (exact) mass is 326 g/mol. The van der Waals surface area contributed by atoms with Gasteiger partial charge >= 0.3 is 0 Å². The molecule has 0 aliphatic rings. The summed E-state index contributed by atoms with van der Waals surface area (Å²) in [5, 5.41) is 4.63. The molecule has 0 spiro atoms. The third kappa shape index (κ3) is 3.89. The first-order chi connectivity index (χ1) is 9.63. The van der Waals surface area contributed by atoms with Crippen LogP contribution in [0.1, 0.15) is 25.1 Å². The van der Waals surface area contributed by atoms with E-state index in [1.807, 2.05) is 31.4 Å². The molecule has 0 fully saturated rings. The molecule has 2 nitrogen and oxygen atoms in total. The van der Waals surface area contributed by atoms with Crippen molar-refractivity contribution in [3.8, 4) is 0 Å². The zero-order valence-corrected chi connectivity index (χ0v) is 13.7. The van der Waals surface area contributed by atoms with Crippen molar-refractivity contribution in [1.82, 2.24) is 10.3 Å². The third-order valence-electron chi connectivity index (χ3n) is 2.99. The highest BCUT2D eigenvalue weighted by Gasteiger charge is 2.09. The second-order valence-corrected chi connectivity index (χ2v) is 6.30. The van der Waals surface area contributed by atoms with Crippen LogP contribution in [0.15, 0.2) is 46.3 Å². The SMILES string of the molecule is CCC(NC)c1ccc(Sc2cc(Cl)ccc2Cl)cn1. The molecule has 0 bridgehead atoms. The molecule has 0 aliphatic heterocycles. The minimum absolute atomic E-state index is 0.295. The summed E-state index contributed by atoms with van der Waals surface area (Å²) in [6.07, 6.45) is 2.88. The Morgan fingerprint density at radius 3 is 2.65 bits per heavy atom. The molecule has 0 amide bonds. The molecule has 1 heterocycles. The number of nitrogens with one attached hydrogen (secondary N) is 1. The molecule has 0 radical (unpaired) electrons. The van der Waals surface area contributed by atoms with Gasteiger partial charge in [-0.15, -0.1) is 0 Å². The lowest BCUT2D eigenvalue weighted by Gasteiger charge is -2.13. The van der Waals surface area contributed by atoms with E-state index in [1.165, 1.54) is 0 Å². The van der Waals surface area contributed by atoms with E-state index < -0.39 is 0 Å². The zero-order valence-electron chi connectivity index (χ0n) is 11.4. The van der Waals surface area contributed by atoms with Crippen molar-refractivity contribution in [3.05, 3.63) is 52.3 Å². The molecule has 106 valence electrons. The number of benzene rings is 1. The Hall–Kier alpha value is -0.740. The maximum absolute atomic E-state index is 6.16. The maximum atomic E-state index is 6.16. The first-order valence-corrected chi connectivity index (χ1v) is 7.97. The normalized spacial score (nSPS) is 12.4. The van der Waals surface area contributed by atoms with Gasteiger partial charge in [0.15, 0.2) is 0 Å². The van der Waals surface area contributed by atoms with Gasteiger partial charge in [0.1, 0.15) is 0 Å². The van der Waals surface area contributed by atoms with Gasteiger partial charge in [-0.05, 0) is 43.8 Å². The Morgan fingerprint density at radius 2 is 2.05 bits per heavy atom. The van der Waals surface area contributed by atoms with E-state index in [2.05, 4.69) is 23.3 Å². The molecule has 1 atom stereocenters. The average Bonchev–Trinajstić information content (AvgIpc) is 2.46. The van der Waals surface area contributed by atoms with Gasteiger partial charge in [0, 0.05) is 27.1 Å². The van der Waals surface area contributed by atoms with Crippen molar-refractivity contribution in [2.75, 3.05) is 7.05 Å². The molecule has 0 saturated carbocycles. The van der Waals surface area contributed by atoms with Crippen molar-refractivity contribution < 1.29 is 0 Å². The Balaban J connectivity index is 2.16. The van der Waals surface area contributed by atoms with Gasteiger partial charge in [-0.3, -0.25) is 4.98 Å². The third-order valence-corrected chi connectivity index (χ3v) is 4.71. The number of rotatable bonds is 5. The molecule has 2 aromatic rings. The molecule has 0 aliphatic carbocycles. The van der Waals surface area contributed by atoms with E-state index in [9.17, 15) is 0 Å². The minimum atomic E-state index is 0.295. The standard InChI is InChI=1S/C15H16Cl2N2S/c1-3-13(18-2)14-7-5-11(9-19-14)20-15-8-10(16)4-6-12(15)17/h4-9,13,18H,3H2,1-2H3. The van der Waals surface area contributed by atoms with Gasteiger partial charge in [0.05, 0.1) is 10.7 Å². The summed E-state index contributed by atoms with van der Waals surface area (Å²) in [4.78, 5) is 6.49. The van der Waals surface area contributed by atoms with Crippen molar-refractivity contribution >= 4 is 35.0 Å². The highest BCUT2D eigenvalue weighted by atomic mass is 35.5. The van der Waals surface area contributed by atoms with Crippen LogP contribution in [0.25, 0.3) is 0 Å². The van der Waals surface area contributed by atoms with E-state index in [1.54, 1.807) is 17.8 Å². The first-order valence-electron chi connectivity index (χ1n) is 6.40. The highest BCUT2D eigenvalue weighted by molar-refractivity contribution is 7.99. The van der Waals surface area contributed by atoms with Crippen molar-refractivity contribution in [2.24, 2.45) is 0 Å². The van der Waals surface area contributed by atoms with E-state index >= 15 is 0 Å². The van der Waals surface area contributed by atoms with E-state index in [4.69, 9.17) is 23.2 Å². The molecule has 1 unspecified atom stereocenters. The Bertz CT molecular complexity index is 569. The average molecular weight is 327 g/mol. The minimum Gasteiger partial charge on any atom is -0.312 e. The molecule has 1 N–H and O–H groups in total. The van der Waals surface area contributed by atoms with E-state index in [0.717, 1.165) is 21.9 Å². The van der Waals surface area contributed by atoms with E-state index in [-0.39, 0.29) is 0 Å².